The number of aliphatic carboxylic acids is 1. The molecular formula is C10H11O3-. The van der Waals surface area contributed by atoms with Crippen LogP contribution in [-0.4, -0.2) is 13.1 Å². The molecule has 0 unspecified atom stereocenters. The van der Waals surface area contributed by atoms with Crippen molar-refractivity contribution < 1.29 is 14.6 Å². The lowest BCUT2D eigenvalue weighted by molar-refractivity contribution is -0.304. The number of hydrogen-bond donors (Lipinski definition) is 0. The first kappa shape index (κ1) is 9.58. The highest BCUT2D eigenvalue weighted by atomic mass is 16.5. The van der Waals surface area contributed by atoms with Gasteiger partial charge in [-0.25, -0.2) is 0 Å². The van der Waals surface area contributed by atoms with E-state index < -0.39 is 5.97 Å². The van der Waals surface area contributed by atoms with Crippen molar-refractivity contribution in [2.45, 2.75) is 13.3 Å². The molecule has 0 saturated carbocycles. The van der Waals surface area contributed by atoms with Crippen LogP contribution < -0.4 is 9.84 Å². The number of benzene rings is 1. The summed E-state index contributed by atoms with van der Waals surface area (Å²) in [5, 5.41) is 10.4. The van der Waals surface area contributed by atoms with Crippen LogP contribution >= 0.6 is 0 Å². The Balaban J connectivity index is 3.01. The smallest absolute Gasteiger partial charge is 0.122 e. The number of rotatable bonds is 3. The maximum absolute atomic E-state index is 10.4. The summed E-state index contributed by atoms with van der Waals surface area (Å²) in [6.07, 6.45) is -0.0664. The van der Waals surface area contributed by atoms with Gasteiger partial charge in [0, 0.05) is 12.4 Å². The van der Waals surface area contributed by atoms with E-state index in [4.69, 9.17) is 4.74 Å². The Kier molecular flexibility index (Phi) is 2.90. The molecule has 0 aromatic heterocycles. The van der Waals surface area contributed by atoms with Gasteiger partial charge >= 0.3 is 0 Å². The second-order valence-corrected chi connectivity index (χ2v) is 2.79. The molecule has 0 aliphatic carbocycles. The van der Waals surface area contributed by atoms with Crippen LogP contribution in [0, 0.1) is 6.92 Å². The Labute approximate surface area is 77.0 Å². The summed E-state index contributed by atoms with van der Waals surface area (Å²) < 4.78 is 5.05. The number of carbonyl (C=O) groups is 1. The second-order valence-electron chi connectivity index (χ2n) is 2.79. The van der Waals surface area contributed by atoms with E-state index in [-0.39, 0.29) is 6.42 Å². The van der Waals surface area contributed by atoms with Crippen LogP contribution in [0.15, 0.2) is 18.2 Å². The molecule has 0 atom stereocenters. The van der Waals surface area contributed by atoms with E-state index in [1.807, 2.05) is 6.92 Å². The summed E-state index contributed by atoms with van der Waals surface area (Å²) in [4.78, 5) is 10.4. The average molecular weight is 179 g/mol. The maximum Gasteiger partial charge on any atom is 0.122 e. The lowest BCUT2D eigenvalue weighted by atomic mass is 10.1. The zero-order chi connectivity index (χ0) is 9.84. The van der Waals surface area contributed by atoms with Crippen molar-refractivity contribution in [3.8, 4) is 5.75 Å². The molecule has 1 aromatic carbocycles. The molecule has 1 aromatic rings. The number of hydrogen-bond acceptors (Lipinski definition) is 3. The van der Waals surface area contributed by atoms with E-state index >= 15 is 0 Å². The first-order valence-electron chi connectivity index (χ1n) is 3.97. The molecule has 0 amide bonds. The Morgan fingerprint density at radius 2 is 2.23 bits per heavy atom. The highest BCUT2D eigenvalue weighted by molar-refractivity contribution is 5.69. The van der Waals surface area contributed by atoms with E-state index in [0.29, 0.717) is 5.75 Å². The van der Waals surface area contributed by atoms with E-state index in [0.717, 1.165) is 11.1 Å². The predicted molar refractivity (Wildman–Crippen MR) is 46.4 cm³/mol. The van der Waals surface area contributed by atoms with Crippen LogP contribution in [0.25, 0.3) is 0 Å². The summed E-state index contributed by atoms with van der Waals surface area (Å²) in [6.45, 7) is 1.83. The van der Waals surface area contributed by atoms with Crippen molar-refractivity contribution in [3.05, 3.63) is 29.3 Å². The minimum atomic E-state index is -1.07. The van der Waals surface area contributed by atoms with Crippen molar-refractivity contribution in [1.29, 1.82) is 0 Å². The zero-order valence-corrected chi connectivity index (χ0v) is 7.66. The SMILES string of the molecule is COc1cccc(CC(=O)[O-])c1C. The molecular weight excluding hydrogens is 168 g/mol. The van der Waals surface area contributed by atoms with Crippen molar-refractivity contribution in [3.63, 3.8) is 0 Å². The summed E-state index contributed by atoms with van der Waals surface area (Å²) in [5.74, 6) is -0.366. The van der Waals surface area contributed by atoms with Gasteiger partial charge in [-0.2, -0.15) is 0 Å². The third-order valence-corrected chi connectivity index (χ3v) is 1.95. The van der Waals surface area contributed by atoms with Crippen LogP contribution in [0.5, 0.6) is 5.75 Å². The van der Waals surface area contributed by atoms with Crippen LogP contribution in [0.3, 0.4) is 0 Å². The first-order valence-corrected chi connectivity index (χ1v) is 3.97. The summed E-state index contributed by atoms with van der Waals surface area (Å²) in [6, 6.07) is 5.33. The van der Waals surface area contributed by atoms with Gasteiger partial charge in [0.2, 0.25) is 0 Å². The van der Waals surface area contributed by atoms with Gasteiger partial charge in [0.25, 0.3) is 0 Å². The fraction of sp³-hybridized carbons (Fsp3) is 0.300. The van der Waals surface area contributed by atoms with Crippen LogP contribution in [0.2, 0.25) is 0 Å². The third kappa shape index (κ3) is 2.21. The predicted octanol–water partition coefficient (Wildman–Crippen LogP) is 0.296. The molecule has 0 heterocycles. The molecule has 0 aliphatic heterocycles. The number of carboxylic acids is 1. The quantitative estimate of drug-likeness (QED) is 0.670. The number of carbonyl (C=O) groups excluding carboxylic acids is 1. The largest absolute Gasteiger partial charge is 0.550 e. The highest BCUT2D eigenvalue weighted by Gasteiger charge is 2.03. The van der Waals surface area contributed by atoms with Crippen LogP contribution in [0.4, 0.5) is 0 Å². The minimum absolute atomic E-state index is 0.0664. The molecule has 70 valence electrons. The fourth-order valence-electron chi connectivity index (χ4n) is 1.23. The molecule has 0 aliphatic rings. The molecule has 3 nitrogen and oxygen atoms in total. The highest BCUT2D eigenvalue weighted by Crippen LogP contribution is 2.20. The summed E-state index contributed by atoms with van der Waals surface area (Å²) in [5.41, 5.74) is 1.59. The lowest BCUT2D eigenvalue weighted by Gasteiger charge is -2.10. The molecule has 3 heteroatoms. The molecule has 1 rings (SSSR count). The van der Waals surface area contributed by atoms with Crippen LogP contribution in [-0.2, 0) is 11.2 Å². The number of methoxy groups -OCH3 is 1. The number of ether oxygens (including phenoxy) is 1. The molecule has 13 heavy (non-hydrogen) atoms. The topological polar surface area (TPSA) is 49.4 Å². The van der Waals surface area contributed by atoms with Crippen LogP contribution in [0.1, 0.15) is 11.1 Å². The van der Waals surface area contributed by atoms with Gasteiger partial charge in [-0.1, -0.05) is 12.1 Å². The van der Waals surface area contributed by atoms with E-state index in [1.54, 1.807) is 25.3 Å². The maximum atomic E-state index is 10.4. The van der Waals surface area contributed by atoms with Gasteiger partial charge in [-0.05, 0) is 24.1 Å². The van der Waals surface area contributed by atoms with Gasteiger partial charge in [0.1, 0.15) is 5.75 Å². The zero-order valence-electron chi connectivity index (χ0n) is 7.66. The van der Waals surface area contributed by atoms with E-state index in [9.17, 15) is 9.90 Å². The van der Waals surface area contributed by atoms with Crippen molar-refractivity contribution in [2.24, 2.45) is 0 Å². The second kappa shape index (κ2) is 3.94. The minimum Gasteiger partial charge on any atom is -0.550 e. The molecule has 0 saturated heterocycles. The Bertz CT molecular complexity index is 318. The van der Waals surface area contributed by atoms with Crippen molar-refractivity contribution in [1.82, 2.24) is 0 Å². The molecule has 0 N–H and O–H groups in total. The van der Waals surface area contributed by atoms with Gasteiger partial charge in [0.15, 0.2) is 0 Å². The van der Waals surface area contributed by atoms with Gasteiger partial charge in [-0.3, -0.25) is 0 Å². The van der Waals surface area contributed by atoms with Crippen molar-refractivity contribution >= 4 is 5.97 Å². The molecule has 0 spiro atoms. The molecule has 0 bridgehead atoms. The normalized spacial score (nSPS) is 9.69. The number of carboxylic acid groups (broad SMARTS) is 1. The summed E-state index contributed by atoms with van der Waals surface area (Å²) >= 11 is 0. The third-order valence-electron chi connectivity index (χ3n) is 1.95. The Hall–Kier alpha value is -1.51. The monoisotopic (exact) mass is 179 g/mol. The Morgan fingerprint density at radius 1 is 1.54 bits per heavy atom. The van der Waals surface area contributed by atoms with E-state index in [1.165, 1.54) is 0 Å². The lowest BCUT2D eigenvalue weighted by Crippen LogP contribution is -2.24. The summed E-state index contributed by atoms with van der Waals surface area (Å²) in [7, 11) is 1.56. The Morgan fingerprint density at radius 3 is 2.77 bits per heavy atom. The van der Waals surface area contributed by atoms with Gasteiger partial charge in [-0.15, -0.1) is 0 Å². The van der Waals surface area contributed by atoms with Gasteiger partial charge < -0.3 is 14.6 Å². The van der Waals surface area contributed by atoms with E-state index in [2.05, 4.69) is 0 Å². The van der Waals surface area contributed by atoms with Gasteiger partial charge in [0.05, 0.1) is 7.11 Å². The van der Waals surface area contributed by atoms with Crippen molar-refractivity contribution in [2.75, 3.05) is 7.11 Å². The molecule has 0 fully saturated rings. The average Bonchev–Trinajstić information content (AvgIpc) is 2.08. The first-order chi connectivity index (χ1) is 6.15. The molecule has 0 radical (unpaired) electrons. The standard InChI is InChI=1S/C10H12O3/c1-7-8(6-10(11)12)4-3-5-9(7)13-2/h3-5H,6H2,1-2H3,(H,11,12)/p-1. The fourth-order valence-corrected chi connectivity index (χ4v) is 1.23.